The van der Waals surface area contributed by atoms with E-state index in [0.29, 0.717) is 12.3 Å². The van der Waals surface area contributed by atoms with Gasteiger partial charge in [0.05, 0.1) is 0 Å². The molecule has 1 nitrogen and oxygen atoms in total. The molecule has 0 bridgehead atoms. The lowest BCUT2D eigenvalue weighted by Crippen LogP contribution is -2.02. The second kappa shape index (κ2) is 5.28. The highest BCUT2D eigenvalue weighted by atomic mass is 35.5. The van der Waals surface area contributed by atoms with Crippen molar-refractivity contribution in [3.63, 3.8) is 0 Å². The van der Waals surface area contributed by atoms with Gasteiger partial charge in [-0.1, -0.05) is 5.92 Å². The molecule has 1 unspecified atom stereocenters. The van der Waals surface area contributed by atoms with Crippen LogP contribution in [0.15, 0.2) is 11.9 Å². The van der Waals surface area contributed by atoms with Crippen LogP contribution in [0.4, 0.5) is 4.39 Å². The van der Waals surface area contributed by atoms with E-state index in [1.807, 2.05) is 5.92 Å². The molecule has 0 spiro atoms. The Bertz CT molecular complexity index is 159. The zero-order valence-electron chi connectivity index (χ0n) is 5.35. The number of aliphatic hydroxyl groups excluding tert-OH is 1. The number of terminal acetylenes is 1. The van der Waals surface area contributed by atoms with Crippen molar-refractivity contribution in [2.24, 2.45) is 0 Å². The molecule has 1 N–H and O–H groups in total. The van der Waals surface area contributed by atoms with Crippen molar-refractivity contribution in [3.8, 4) is 12.3 Å². The first-order valence-corrected chi connectivity index (χ1v) is 3.31. The Hall–Kier alpha value is -0.520. The molecule has 1 atom stereocenters. The van der Waals surface area contributed by atoms with Crippen LogP contribution in [0.5, 0.6) is 0 Å². The fourth-order valence-corrected chi connectivity index (χ4v) is 0.493. The highest BCUT2D eigenvalue weighted by Gasteiger charge is 2.03. The molecule has 0 saturated heterocycles. The summed E-state index contributed by atoms with van der Waals surface area (Å²) in [6.07, 6.45) is 4.88. The Morgan fingerprint density at radius 1 is 1.90 bits per heavy atom. The maximum atomic E-state index is 12.4. The van der Waals surface area contributed by atoms with Gasteiger partial charge in [-0.05, 0) is 12.5 Å². The first-order valence-electron chi connectivity index (χ1n) is 2.78. The number of hydrogen-bond donors (Lipinski definition) is 1. The van der Waals surface area contributed by atoms with Crippen LogP contribution >= 0.6 is 11.6 Å². The lowest BCUT2D eigenvalue weighted by Gasteiger charge is -1.96. The molecule has 0 aliphatic carbocycles. The highest BCUT2D eigenvalue weighted by molar-refractivity contribution is 6.17. The van der Waals surface area contributed by atoms with Crippen LogP contribution in [0, 0.1) is 12.3 Å². The van der Waals surface area contributed by atoms with Gasteiger partial charge in [-0.3, -0.25) is 0 Å². The minimum atomic E-state index is -1.41. The number of allylic oxidation sites excluding steroid dienone is 1. The Morgan fingerprint density at radius 3 is 2.90 bits per heavy atom. The first kappa shape index (κ1) is 9.48. The Balaban J connectivity index is 3.82. The second-order valence-corrected chi connectivity index (χ2v) is 2.01. The largest absolute Gasteiger partial charge is 0.374 e. The van der Waals surface area contributed by atoms with Crippen LogP contribution in [0.1, 0.15) is 6.42 Å². The lowest BCUT2D eigenvalue weighted by atomic mass is 10.3. The third-order valence-electron chi connectivity index (χ3n) is 0.868. The van der Waals surface area contributed by atoms with Crippen molar-refractivity contribution < 1.29 is 9.50 Å². The molecule has 0 radical (unpaired) electrons. The van der Waals surface area contributed by atoms with Crippen molar-refractivity contribution >= 4 is 11.6 Å². The van der Waals surface area contributed by atoms with E-state index in [1.54, 1.807) is 0 Å². The van der Waals surface area contributed by atoms with E-state index < -0.39 is 11.9 Å². The molecule has 0 aliphatic rings. The van der Waals surface area contributed by atoms with Crippen LogP contribution in [0.2, 0.25) is 0 Å². The molecule has 3 heteroatoms. The zero-order chi connectivity index (χ0) is 7.98. The maximum Gasteiger partial charge on any atom is 0.165 e. The Kier molecular flexibility index (Phi) is 5.00. The van der Waals surface area contributed by atoms with Crippen LogP contribution < -0.4 is 0 Å². The molecule has 0 rings (SSSR count). The van der Waals surface area contributed by atoms with Crippen molar-refractivity contribution in [1.29, 1.82) is 0 Å². The molecule has 0 aromatic carbocycles. The summed E-state index contributed by atoms with van der Waals surface area (Å²) in [6, 6.07) is 0. The topological polar surface area (TPSA) is 20.2 Å². The van der Waals surface area contributed by atoms with Gasteiger partial charge < -0.3 is 5.11 Å². The third-order valence-corrected chi connectivity index (χ3v) is 1.09. The average Bonchev–Trinajstić information content (AvgIpc) is 1.98. The van der Waals surface area contributed by atoms with Crippen molar-refractivity contribution in [2.75, 3.05) is 5.88 Å². The van der Waals surface area contributed by atoms with Crippen LogP contribution in [0.25, 0.3) is 0 Å². The van der Waals surface area contributed by atoms with E-state index in [4.69, 9.17) is 23.1 Å². The SMILES string of the molecule is C#CC(O)/C(F)=C/CCCl. The first-order chi connectivity index (χ1) is 4.72. The molecule has 0 fully saturated rings. The summed E-state index contributed by atoms with van der Waals surface area (Å²) < 4.78 is 12.4. The van der Waals surface area contributed by atoms with Gasteiger partial charge in [0, 0.05) is 5.88 Å². The van der Waals surface area contributed by atoms with Crippen molar-refractivity contribution in [2.45, 2.75) is 12.5 Å². The van der Waals surface area contributed by atoms with E-state index in [0.717, 1.165) is 0 Å². The minimum Gasteiger partial charge on any atom is -0.374 e. The van der Waals surface area contributed by atoms with Gasteiger partial charge >= 0.3 is 0 Å². The standard InChI is InChI=1S/C7H8ClFO/c1-2-7(10)6(9)4-3-5-8/h1,4,7,10H,3,5H2/b6-4-. The van der Waals surface area contributed by atoms with Gasteiger partial charge in [0.2, 0.25) is 0 Å². The van der Waals surface area contributed by atoms with Crippen LogP contribution in [-0.2, 0) is 0 Å². The summed E-state index contributed by atoms with van der Waals surface area (Å²) in [6.45, 7) is 0. The molecule has 0 heterocycles. The van der Waals surface area contributed by atoms with E-state index in [1.165, 1.54) is 6.08 Å². The average molecular weight is 163 g/mol. The molecule has 0 saturated carbocycles. The summed E-state index contributed by atoms with van der Waals surface area (Å²) >= 11 is 5.25. The van der Waals surface area contributed by atoms with E-state index in [-0.39, 0.29) is 0 Å². The number of hydrogen-bond acceptors (Lipinski definition) is 1. The lowest BCUT2D eigenvalue weighted by molar-refractivity contribution is 0.236. The van der Waals surface area contributed by atoms with Crippen molar-refractivity contribution in [1.82, 2.24) is 0 Å². The van der Waals surface area contributed by atoms with Gasteiger partial charge in [-0.2, -0.15) is 0 Å². The molecular formula is C7H8ClFO. The van der Waals surface area contributed by atoms with Crippen LogP contribution in [-0.4, -0.2) is 17.1 Å². The number of alkyl halides is 1. The highest BCUT2D eigenvalue weighted by Crippen LogP contribution is 2.04. The number of rotatable bonds is 3. The smallest absolute Gasteiger partial charge is 0.165 e. The van der Waals surface area contributed by atoms with Gasteiger partial charge in [-0.25, -0.2) is 4.39 Å². The van der Waals surface area contributed by atoms with Gasteiger partial charge in [0.1, 0.15) is 5.83 Å². The van der Waals surface area contributed by atoms with Crippen molar-refractivity contribution in [3.05, 3.63) is 11.9 Å². The Labute approximate surface area is 64.5 Å². The van der Waals surface area contributed by atoms with E-state index in [9.17, 15) is 4.39 Å². The third kappa shape index (κ3) is 3.49. The molecule has 0 aliphatic heterocycles. The van der Waals surface area contributed by atoms with Gasteiger partial charge in [0.25, 0.3) is 0 Å². The minimum absolute atomic E-state index is 0.324. The predicted octanol–water partition coefficient (Wildman–Crippen LogP) is 1.46. The predicted molar refractivity (Wildman–Crippen MR) is 39.4 cm³/mol. The monoisotopic (exact) mass is 162 g/mol. The molecular weight excluding hydrogens is 155 g/mol. The molecule has 0 aromatic rings. The maximum absolute atomic E-state index is 12.4. The summed E-state index contributed by atoms with van der Waals surface area (Å²) in [7, 11) is 0. The molecule has 0 amide bonds. The normalized spacial score (nSPS) is 14.4. The van der Waals surface area contributed by atoms with E-state index in [2.05, 4.69) is 0 Å². The molecule has 56 valence electrons. The van der Waals surface area contributed by atoms with Gasteiger partial charge in [0.15, 0.2) is 6.10 Å². The quantitative estimate of drug-likeness (QED) is 0.492. The summed E-state index contributed by atoms with van der Waals surface area (Å²) in [5.74, 6) is 1.46. The zero-order valence-corrected chi connectivity index (χ0v) is 6.11. The molecule has 10 heavy (non-hydrogen) atoms. The van der Waals surface area contributed by atoms with E-state index >= 15 is 0 Å². The summed E-state index contributed by atoms with van der Waals surface area (Å²) in [5.41, 5.74) is 0. The fourth-order valence-electron chi connectivity index (χ4n) is 0.384. The number of halogens is 2. The van der Waals surface area contributed by atoms with Gasteiger partial charge in [-0.15, -0.1) is 18.0 Å². The molecule has 0 aromatic heterocycles. The summed E-state index contributed by atoms with van der Waals surface area (Å²) in [4.78, 5) is 0. The second-order valence-electron chi connectivity index (χ2n) is 1.64. The Morgan fingerprint density at radius 2 is 2.50 bits per heavy atom. The fraction of sp³-hybridized carbons (Fsp3) is 0.429. The van der Waals surface area contributed by atoms with Crippen LogP contribution in [0.3, 0.4) is 0 Å². The number of aliphatic hydroxyl groups is 1. The summed E-state index contributed by atoms with van der Waals surface area (Å²) in [5, 5.41) is 8.63.